The molecule has 0 heterocycles. The molecule has 0 aromatic carbocycles. The number of hydrogen-bond donors (Lipinski definition) is 1. The number of rotatable bonds is 10. The van der Waals surface area contributed by atoms with Crippen molar-refractivity contribution in [2.24, 2.45) is 0 Å². The summed E-state index contributed by atoms with van der Waals surface area (Å²) in [6.45, 7) is -3.22. The van der Waals surface area contributed by atoms with E-state index in [1.54, 1.807) is 4.74 Å². The lowest BCUT2D eigenvalue weighted by Crippen LogP contribution is -2.70. The van der Waals surface area contributed by atoms with E-state index < -0.39 is 66.4 Å². The Morgan fingerprint density at radius 2 is 0.694 bits per heavy atom. The molecule has 1 N–H and O–H groups in total. The quantitative estimate of drug-likeness (QED) is 0.231. The molecular weight excluding hydrogens is 612 g/mol. The Hall–Kier alpha value is -1.27. The van der Waals surface area contributed by atoms with E-state index in [2.05, 4.69) is 11.6 Å². The van der Waals surface area contributed by atoms with E-state index in [4.69, 9.17) is 5.11 Å². The Morgan fingerprint density at radius 3 is 0.917 bits per heavy atom. The highest BCUT2D eigenvalue weighted by molar-refractivity contribution is 6.22. The minimum absolute atomic E-state index is 1.25. The van der Waals surface area contributed by atoms with Crippen LogP contribution in [0.2, 0.25) is 0 Å². The van der Waals surface area contributed by atoms with Gasteiger partial charge in [-0.2, -0.15) is 87.8 Å². The van der Waals surface area contributed by atoms with Crippen LogP contribution in [-0.4, -0.2) is 71.5 Å². The molecule has 0 bridgehead atoms. The number of aliphatic hydroxyl groups is 1. The lowest BCUT2D eigenvalue weighted by atomic mass is 10.2. The molecule has 0 radical (unpaired) electrons. The standard InChI is InChI=1S/C11H3ClF20O4/c12-6(18,19)3(15,7(20,21)22)35-11(31,32)5(17,9(26,27)28)36-10(29,30)4(16,8(23,24)25)34-2(13,14)1-33/h33H,1H2. The van der Waals surface area contributed by atoms with Gasteiger partial charge in [-0.05, 0) is 11.6 Å². The van der Waals surface area contributed by atoms with Gasteiger partial charge < -0.3 is 5.11 Å². The number of halogens is 21. The van der Waals surface area contributed by atoms with Gasteiger partial charge in [0.2, 0.25) is 0 Å². The van der Waals surface area contributed by atoms with Crippen molar-refractivity contribution in [3.63, 3.8) is 0 Å². The summed E-state index contributed by atoms with van der Waals surface area (Å²) in [4.78, 5) is 0. The van der Waals surface area contributed by atoms with Crippen LogP contribution in [0.4, 0.5) is 87.8 Å². The maximum absolute atomic E-state index is 14.0. The van der Waals surface area contributed by atoms with E-state index in [-0.39, 0.29) is 0 Å². The summed E-state index contributed by atoms with van der Waals surface area (Å²) in [5.74, 6) is -24.0. The average Bonchev–Trinajstić information content (AvgIpc) is 2.56. The molecule has 36 heavy (non-hydrogen) atoms. The van der Waals surface area contributed by atoms with Crippen LogP contribution in [0.1, 0.15) is 0 Å². The summed E-state index contributed by atoms with van der Waals surface area (Å²) in [5, 5.41) is 0.959. The van der Waals surface area contributed by atoms with Crippen LogP contribution in [0.5, 0.6) is 0 Å². The minimum atomic E-state index is -8.41. The second-order valence-electron chi connectivity index (χ2n) is 5.91. The monoisotopic (exact) mass is 614 g/mol. The van der Waals surface area contributed by atoms with Gasteiger partial charge in [0.15, 0.2) is 0 Å². The second kappa shape index (κ2) is 9.18. The smallest absolute Gasteiger partial charge is 0.387 e. The van der Waals surface area contributed by atoms with Crippen molar-refractivity contribution in [3.05, 3.63) is 0 Å². The molecule has 3 atom stereocenters. The zero-order valence-electron chi connectivity index (χ0n) is 15.3. The first-order valence-corrected chi connectivity index (χ1v) is 7.74. The normalized spacial score (nSPS) is 20.5. The highest BCUT2D eigenvalue weighted by atomic mass is 35.5. The van der Waals surface area contributed by atoms with Gasteiger partial charge in [-0.15, -0.1) is 0 Å². The summed E-state index contributed by atoms with van der Waals surface area (Å²) in [6, 6.07) is 0. The third-order valence-corrected chi connectivity index (χ3v) is 3.46. The Bertz CT molecular complexity index is 756. The van der Waals surface area contributed by atoms with E-state index in [0.29, 0.717) is 0 Å². The summed E-state index contributed by atoms with van der Waals surface area (Å²) in [7, 11) is 0. The zero-order valence-corrected chi connectivity index (χ0v) is 16.1. The summed E-state index contributed by atoms with van der Waals surface area (Å²) in [6.07, 6.45) is -46.5. The van der Waals surface area contributed by atoms with Crippen molar-refractivity contribution in [2.45, 2.75) is 59.8 Å². The van der Waals surface area contributed by atoms with Gasteiger partial charge in [-0.1, -0.05) is 0 Å². The molecule has 0 aliphatic heterocycles. The Morgan fingerprint density at radius 1 is 0.444 bits per heavy atom. The molecule has 0 aromatic heterocycles. The lowest BCUT2D eigenvalue weighted by molar-refractivity contribution is -0.574. The molecule has 0 saturated heterocycles. The maximum Gasteiger partial charge on any atom is 0.458 e. The van der Waals surface area contributed by atoms with E-state index in [1.807, 2.05) is 0 Å². The molecule has 0 amide bonds. The van der Waals surface area contributed by atoms with Crippen LogP contribution in [0, 0.1) is 0 Å². The van der Waals surface area contributed by atoms with Crippen molar-refractivity contribution >= 4 is 11.6 Å². The fourth-order valence-corrected chi connectivity index (χ4v) is 1.71. The average molecular weight is 615 g/mol. The molecule has 0 aliphatic carbocycles. The first-order chi connectivity index (χ1) is 15.2. The molecule has 0 spiro atoms. The van der Waals surface area contributed by atoms with Crippen molar-refractivity contribution in [3.8, 4) is 0 Å². The van der Waals surface area contributed by atoms with Gasteiger partial charge in [0.05, 0.1) is 0 Å². The van der Waals surface area contributed by atoms with E-state index in [0.717, 1.165) is 0 Å². The van der Waals surface area contributed by atoms with Gasteiger partial charge >= 0.3 is 59.8 Å². The van der Waals surface area contributed by atoms with Gasteiger partial charge in [-0.25, -0.2) is 0 Å². The van der Waals surface area contributed by atoms with Crippen LogP contribution in [0.25, 0.3) is 0 Å². The SMILES string of the molecule is OCC(F)(F)OC(F)(C(F)(F)F)C(F)(F)OC(F)(C(F)(F)F)C(F)(F)OC(F)(C(F)(F)F)C(F)(F)Cl. The molecule has 3 unspecified atom stereocenters. The molecule has 0 saturated carbocycles. The molecule has 0 aromatic rings. The number of alkyl halides is 21. The molecule has 25 heteroatoms. The van der Waals surface area contributed by atoms with Crippen LogP contribution >= 0.6 is 11.6 Å². The predicted molar refractivity (Wildman–Crippen MR) is 65.7 cm³/mol. The summed E-state index contributed by atoms with van der Waals surface area (Å²) in [5.41, 5.74) is 0. The molecule has 0 aliphatic rings. The third kappa shape index (κ3) is 6.06. The first kappa shape index (κ1) is 34.7. The van der Waals surface area contributed by atoms with Crippen molar-refractivity contribution in [1.82, 2.24) is 0 Å². The van der Waals surface area contributed by atoms with E-state index in [1.165, 1.54) is 9.47 Å². The number of ether oxygens (including phenoxy) is 3. The topological polar surface area (TPSA) is 47.9 Å². The van der Waals surface area contributed by atoms with Crippen molar-refractivity contribution in [2.75, 3.05) is 6.61 Å². The molecule has 0 rings (SSSR count). The molecule has 4 nitrogen and oxygen atoms in total. The van der Waals surface area contributed by atoms with Gasteiger partial charge in [0, 0.05) is 0 Å². The van der Waals surface area contributed by atoms with Crippen LogP contribution in [0.15, 0.2) is 0 Å². The third-order valence-electron chi connectivity index (χ3n) is 3.22. The number of hydrogen-bond acceptors (Lipinski definition) is 4. The van der Waals surface area contributed by atoms with Crippen LogP contribution < -0.4 is 0 Å². The van der Waals surface area contributed by atoms with Crippen molar-refractivity contribution < 1.29 is 107 Å². The molecule has 0 fully saturated rings. The first-order valence-electron chi connectivity index (χ1n) is 7.36. The molecule has 218 valence electrons. The Labute approximate surface area is 186 Å². The largest absolute Gasteiger partial charge is 0.458 e. The van der Waals surface area contributed by atoms with Gasteiger partial charge in [0.1, 0.15) is 6.61 Å². The van der Waals surface area contributed by atoms with E-state index in [9.17, 15) is 87.8 Å². The minimum Gasteiger partial charge on any atom is -0.387 e. The fraction of sp³-hybridized carbons (Fsp3) is 1.00. The fourth-order valence-electron chi connectivity index (χ4n) is 1.56. The maximum atomic E-state index is 14.0. The van der Waals surface area contributed by atoms with Gasteiger partial charge in [-0.3, -0.25) is 14.2 Å². The molecular formula is C11H3ClF20O4. The Kier molecular flexibility index (Phi) is 8.86. The van der Waals surface area contributed by atoms with Crippen LogP contribution in [-0.2, 0) is 14.2 Å². The lowest BCUT2D eigenvalue weighted by Gasteiger charge is -2.42. The van der Waals surface area contributed by atoms with Crippen LogP contribution in [0.3, 0.4) is 0 Å². The van der Waals surface area contributed by atoms with E-state index >= 15 is 0 Å². The number of aliphatic hydroxyl groups excluding tert-OH is 1. The van der Waals surface area contributed by atoms with Crippen molar-refractivity contribution in [1.29, 1.82) is 0 Å². The summed E-state index contributed by atoms with van der Waals surface area (Å²) >= 11 is 3.43. The highest BCUT2D eigenvalue weighted by Gasteiger charge is 2.87. The second-order valence-corrected chi connectivity index (χ2v) is 6.39. The van der Waals surface area contributed by atoms with Gasteiger partial charge in [0.25, 0.3) is 0 Å². The predicted octanol–water partition coefficient (Wildman–Crippen LogP) is 6.32. The highest BCUT2D eigenvalue weighted by Crippen LogP contribution is 2.59. The zero-order chi connectivity index (χ0) is 29.8. The summed E-state index contributed by atoms with van der Waals surface area (Å²) < 4.78 is 264. The Balaban J connectivity index is 7.05.